The van der Waals surface area contributed by atoms with Crippen molar-refractivity contribution in [3.63, 3.8) is 0 Å². The monoisotopic (exact) mass is 353 g/mol. The number of aryl methyl sites for hydroxylation is 2. The maximum Gasteiger partial charge on any atom is 0.258 e. The zero-order chi connectivity index (χ0) is 18.4. The van der Waals surface area contributed by atoms with E-state index in [2.05, 4.69) is 15.5 Å². The van der Waals surface area contributed by atoms with Crippen LogP contribution in [-0.2, 0) is 17.9 Å². The zero-order valence-electron chi connectivity index (χ0n) is 14.8. The molecule has 1 aliphatic rings. The summed E-state index contributed by atoms with van der Waals surface area (Å²) in [5.74, 6) is 0.918. The highest BCUT2D eigenvalue weighted by Crippen LogP contribution is 2.28. The number of amides is 2. The Morgan fingerprint density at radius 1 is 1.27 bits per heavy atom. The van der Waals surface area contributed by atoms with E-state index in [-0.39, 0.29) is 18.4 Å². The van der Waals surface area contributed by atoms with Crippen LogP contribution < -0.4 is 5.32 Å². The maximum absolute atomic E-state index is 13.3. The minimum absolute atomic E-state index is 0.219. The number of hydrogen-bond acceptors (Lipinski definition) is 5. The van der Waals surface area contributed by atoms with Crippen molar-refractivity contribution in [3.8, 4) is 0 Å². The average molecular weight is 353 g/mol. The highest BCUT2D eigenvalue weighted by molar-refractivity contribution is 6.07. The largest absolute Gasteiger partial charge is 0.463 e. The Morgan fingerprint density at radius 3 is 2.85 bits per heavy atom. The second-order valence-corrected chi connectivity index (χ2v) is 6.44. The van der Waals surface area contributed by atoms with Crippen molar-refractivity contribution in [2.75, 3.05) is 7.05 Å². The van der Waals surface area contributed by atoms with E-state index < -0.39 is 6.04 Å². The van der Waals surface area contributed by atoms with Gasteiger partial charge in [-0.3, -0.25) is 9.59 Å². The molecule has 0 aliphatic carbocycles. The molecule has 0 radical (unpaired) electrons. The molecule has 1 N–H and O–H groups in total. The van der Waals surface area contributed by atoms with Crippen molar-refractivity contribution in [2.45, 2.75) is 33.0 Å². The smallest absolute Gasteiger partial charge is 0.258 e. The third-order valence-corrected chi connectivity index (χ3v) is 4.89. The fourth-order valence-corrected chi connectivity index (χ4v) is 3.44. The first-order chi connectivity index (χ1) is 12.5. The number of furan rings is 1. The number of para-hydroxylation sites is 1. The van der Waals surface area contributed by atoms with Gasteiger partial charge in [0.05, 0.1) is 18.7 Å². The van der Waals surface area contributed by atoms with Crippen molar-refractivity contribution < 1.29 is 14.0 Å². The molecule has 0 spiro atoms. The number of benzene rings is 1. The van der Waals surface area contributed by atoms with Crippen LogP contribution in [0.4, 0.5) is 0 Å². The molecule has 1 unspecified atom stereocenters. The van der Waals surface area contributed by atoms with Gasteiger partial charge < -0.3 is 19.2 Å². The van der Waals surface area contributed by atoms with Crippen LogP contribution in [-0.4, -0.2) is 44.6 Å². The van der Waals surface area contributed by atoms with Crippen LogP contribution in [0.3, 0.4) is 0 Å². The molecule has 1 aliphatic heterocycles. The van der Waals surface area contributed by atoms with Crippen molar-refractivity contribution in [1.29, 1.82) is 0 Å². The summed E-state index contributed by atoms with van der Waals surface area (Å²) < 4.78 is 7.48. The highest BCUT2D eigenvalue weighted by Gasteiger charge is 2.37. The minimum atomic E-state index is -0.635. The summed E-state index contributed by atoms with van der Waals surface area (Å²) in [7, 11) is 1.57. The molecule has 26 heavy (non-hydrogen) atoms. The van der Waals surface area contributed by atoms with Gasteiger partial charge in [-0.05, 0) is 19.4 Å². The summed E-state index contributed by atoms with van der Waals surface area (Å²) >= 11 is 0. The number of fused-ring (bicyclic) bond motifs is 2. The van der Waals surface area contributed by atoms with Crippen LogP contribution in [0.15, 0.2) is 28.9 Å². The molecular formula is C18H19N5O3. The Labute approximate surface area is 149 Å². The first kappa shape index (κ1) is 16.3. The summed E-state index contributed by atoms with van der Waals surface area (Å²) in [6, 6.07) is 5.03. The van der Waals surface area contributed by atoms with Gasteiger partial charge in [0.2, 0.25) is 5.91 Å². The fraction of sp³-hybridized carbons (Fsp3) is 0.333. The fourth-order valence-electron chi connectivity index (χ4n) is 3.44. The van der Waals surface area contributed by atoms with E-state index >= 15 is 0 Å². The van der Waals surface area contributed by atoms with Gasteiger partial charge in [-0.25, -0.2) is 0 Å². The van der Waals surface area contributed by atoms with Crippen LogP contribution in [0.5, 0.6) is 0 Å². The van der Waals surface area contributed by atoms with Crippen molar-refractivity contribution >= 4 is 22.8 Å². The summed E-state index contributed by atoms with van der Waals surface area (Å²) in [6.07, 6.45) is 1.46. The van der Waals surface area contributed by atoms with Crippen LogP contribution in [0.25, 0.3) is 11.0 Å². The van der Waals surface area contributed by atoms with Gasteiger partial charge >= 0.3 is 0 Å². The van der Waals surface area contributed by atoms with Gasteiger partial charge in [0.15, 0.2) is 5.82 Å². The van der Waals surface area contributed by atoms with Crippen LogP contribution in [0, 0.1) is 13.8 Å². The first-order valence-electron chi connectivity index (χ1n) is 8.39. The Hall–Kier alpha value is -3.16. The second-order valence-electron chi connectivity index (χ2n) is 6.44. The predicted molar refractivity (Wildman–Crippen MR) is 93.4 cm³/mol. The van der Waals surface area contributed by atoms with E-state index in [1.165, 1.54) is 11.2 Å². The normalized spacial score (nSPS) is 16.6. The molecule has 0 fully saturated rings. The number of carbonyl (C=O) groups is 2. The summed E-state index contributed by atoms with van der Waals surface area (Å²) in [5, 5.41) is 11.6. The minimum Gasteiger partial charge on any atom is -0.463 e. The van der Waals surface area contributed by atoms with Crippen LogP contribution in [0.2, 0.25) is 0 Å². The molecule has 4 rings (SSSR count). The summed E-state index contributed by atoms with van der Waals surface area (Å²) in [6.45, 7) is 4.31. The van der Waals surface area contributed by atoms with Crippen molar-refractivity contribution in [2.24, 2.45) is 0 Å². The number of likely N-dealkylation sites (N-methyl/N-ethyl adjacent to an activating group) is 1. The lowest BCUT2D eigenvalue weighted by Gasteiger charge is -2.34. The predicted octanol–water partition coefficient (Wildman–Crippen LogP) is 1.41. The number of hydrogen-bond donors (Lipinski definition) is 1. The SMILES string of the molecule is CNC(=O)C1Cn2c(C)nnc2CN1C(=O)c1coc2c(C)cccc12. The number of nitrogens with one attached hydrogen (secondary N) is 1. The topological polar surface area (TPSA) is 93.3 Å². The molecular weight excluding hydrogens is 334 g/mol. The molecule has 8 heteroatoms. The second kappa shape index (κ2) is 5.98. The number of nitrogens with zero attached hydrogens (tertiary/aromatic N) is 4. The average Bonchev–Trinajstić information content (AvgIpc) is 3.24. The molecule has 3 heterocycles. The third kappa shape index (κ3) is 2.37. The number of carbonyl (C=O) groups excluding carboxylic acids is 2. The molecule has 2 aromatic heterocycles. The van der Waals surface area contributed by atoms with Crippen molar-refractivity contribution in [1.82, 2.24) is 25.0 Å². The molecule has 0 saturated carbocycles. The van der Waals surface area contributed by atoms with E-state index in [1.807, 2.05) is 36.6 Å². The lowest BCUT2D eigenvalue weighted by atomic mass is 10.1. The molecule has 8 nitrogen and oxygen atoms in total. The quantitative estimate of drug-likeness (QED) is 0.752. The molecule has 2 amide bonds. The molecule has 134 valence electrons. The Balaban J connectivity index is 1.77. The zero-order valence-corrected chi connectivity index (χ0v) is 14.8. The van der Waals surface area contributed by atoms with Gasteiger partial charge in [0.1, 0.15) is 23.7 Å². The lowest BCUT2D eigenvalue weighted by molar-refractivity contribution is -0.126. The first-order valence-corrected chi connectivity index (χ1v) is 8.39. The van der Waals surface area contributed by atoms with Gasteiger partial charge in [0, 0.05) is 12.4 Å². The molecule has 0 bridgehead atoms. The van der Waals surface area contributed by atoms with Crippen LogP contribution >= 0.6 is 0 Å². The van der Waals surface area contributed by atoms with E-state index in [4.69, 9.17) is 4.42 Å². The summed E-state index contributed by atoms with van der Waals surface area (Å²) in [4.78, 5) is 27.2. The lowest BCUT2D eigenvalue weighted by Crippen LogP contribution is -2.53. The Kier molecular flexibility index (Phi) is 3.75. The van der Waals surface area contributed by atoms with Gasteiger partial charge in [-0.15, -0.1) is 10.2 Å². The van der Waals surface area contributed by atoms with E-state index in [1.54, 1.807) is 7.05 Å². The molecule has 1 atom stereocenters. The highest BCUT2D eigenvalue weighted by atomic mass is 16.3. The van der Waals surface area contributed by atoms with Gasteiger partial charge in [-0.1, -0.05) is 18.2 Å². The van der Waals surface area contributed by atoms with Crippen LogP contribution in [0.1, 0.15) is 27.6 Å². The maximum atomic E-state index is 13.3. The standard InChI is InChI=1S/C18H19N5O3/c1-10-5-4-6-12-13(9-26-16(10)12)18(25)23-8-15-21-20-11(2)22(15)7-14(23)17(24)19-3/h4-6,9,14H,7-8H2,1-3H3,(H,19,24). The number of rotatable bonds is 2. The van der Waals surface area contributed by atoms with Gasteiger partial charge in [-0.2, -0.15) is 0 Å². The van der Waals surface area contributed by atoms with E-state index in [0.29, 0.717) is 23.5 Å². The number of aromatic nitrogens is 3. The molecule has 1 aromatic carbocycles. The van der Waals surface area contributed by atoms with Gasteiger partial charge in [0.25, 0.3) is 5.91 Å². The summed E-state index contributed by atoms with van der Waals surface area (Å²) in [5.41, 5.74) is 2.09. The molecule has 3 aromatic rings. The van der Waals surface area contributed by atoms with Crippen molar-refractivity contribution in [3.05, 3.63) is 47.2 Å². The van der Waals surface area contributed by atoms with E-state index in [0.717, 1.165) is 16.8 Å². The van der Waals surface area contributed by atoms with E-state index in [9.17, 15) is 9.59 Å². The Bertz CT molecular complexity index is 1020. The third-order valence-electron chi connectivity index (χ3n) is 4.89. The molecule has 0 saturated heterocycles. The Morgan fingerprint density at radius 2 is 2.08 bits per heavy atom.